The first-order valence-corrected chi connectivity index (χ1v) is 12.4. The normalized spacial score (nSPS) is 15.5. The molecule has 0 radical (unpaired) electrons. The van der Waals surface area contributed by atoms with Crippen LogP contribution in [0.4, 0.5) is 11.4 Å². The predicted octanol–water partition coefficient (Wildman–Crippen LogP) is 2.32. The minimum atomic E-state index is -0.436. The zero-order valence-electron chi connectivity index (χ0n) is 20.6. The number of carbonyl (C=O) groups excluding carboxylic acids is 3. The summed E-state index contributed by atoms with van der Waals surface area (Å²) >= 11 is 0. The fourth-order valence-electron chi connectivity index (χ4n) is 4.84. The van der Waals surface area contributed by atoms with Gasteiger partial charge >= 0.3 is 0 Å². The van der Waals surface area contributed by atoms with Crippen molar-refractivity contribution in [3.05, 3.63) is 65.5 Å². The Bertz CT molecular complexity index is 1320. The van der Waals surface area contributed by atoms with Gasteiger partial charge in [-0.2, -0.15) is 5.10 Å². The van der Waals surface area contributed by atoms with Crippen molar-refractivity contribution < 1.29 is 24.2 Å². The molecule has 192 valence electrons. The van der Waals surface area contributed by atoms with Crippen LogP contribution in [-0.4, -0.2) is 66.0 Å². The van der Waals surface area contributed by atoms with E-state index < -0.39 is 5.91 Å². The van der Waals surface area contributed by atoms with Crippen molar-refractivity contribution in [2.45, 2.75) is 25.7 Å². The van der Waals surface area contributed by atoms with Gasteiger partial charge in [-0.1, -0.05) is 0 Å². The number of fused-ring (bicyclic) bond motifs is 1. The highest BCUT2D eigenvalue weighted by Crippen LogP contribution is 2.31. The summed E-state index contributed by atoms with van der Waals surface area (Å²) in [4.78, 5) is 42.4. The Hall–Kier alpha value is -4.18. The summed E-state index contributed by atoms with van der Waals surface area (Å²) in [6, 6.07) is 14.5. The van der Waals surface area contributed by atoms with Crippen molar-refractivity contribution in [2.24, 2.45) is 0 Å². The van der Waals surface area contributed by atoms with Gasteiger partial charge in [0.2, 0.25) is 5.91 Å². The lowest BCUT2D eigenvalue weighted by Crippen LogP contribution is -2.39. The minimum absolute atomic E-state index is 0.0922. The number of aliphatic hydroxyl groups is 1. The molecule has 0 unspecified atom stereocenters. The SMILES string of the molecule is COc1ccc(-n2nc(C(=O)NCCO)c3c2C(=O)N(c2ccc(N4CCCCC4=O)cc2)CC3)cc1. The molecule has 2 N–H and O–H groups in total. The molecule has 1 fully saturated rings. The number of amides is 3. The molecule has 2 aliphatic rings. The van der Waals surface area contributed by atoms with Crippen LogP contribution in [0, 0.1) is 0 Å². The zero-order valence-corrected chi connectivity index (χ0v) is 20.6. The molecule has 0 bridgehead atoms. The lowest BCUT2D eigenvalue weighted by atomic mass is 10.0. The molecule has 5 rings (SSSR count). The van der Waals surface area contributed by atoms with Crippen LogP contribution in [0.2, 0.25) is 0 Å². The van der Waals surface area contributed by atoms with Crippen molar-refractivity contribution in [3.63, 3.8) is 0 Å². The summed E-state index contributed by atoms with van der Waals surface area (Å²) in [6.07, 6.45) is 2.88. The zero-order chi connectivity index (χ0) is 25.9. The Morgan fingerprint density at radius 2 is 1.62 bits per heavy atom. The molecule has 1 aromatic heterocycles. The van der Waals surface area contributed by atoms with Crippen molar-refractivity contribution in [3.8, 4) is 11.4 Å². The van der Waals surface area contributed by atoms with E-state index in [1.807, 2.05) is 24.3 Å². The van der Waals surface area contributed by atoms with Crippen molar-refractivity contribution in [2.75, 3.05) is 43.2 Å². The number of nitrogens with zero attached hydrogens (tertiary/aromatic N) is 4. The number of rotatable bonds is 7. The number of anilines is 2. The second-order valence-electron chi connectivity index (χ2n) is 8.99. The van der Waals surface area contributed by atoms with E-state index in [9.17, 15) is 14.4 Å². The number of aliphatic hydroxyl groups excluding tert-OH is 1. The van der Waals surface area contributed by atoms with Crippen LogP contribution in [0.15, 0.2) is 48.5 Å². The first-order chi connectivity index (χ1) is 18.0. The number of hydrogen-bond acceptors (Lipinski definition) is 6. The molecule has 10 nitrogen and oxygen atoms in total. The van der Waals surface area contributed by atoms with Gasteiger partial charge in [-0.05, 0) is 67.8 Å². The van der Waals surface area contributed by atoms with E-state index >= 15 is 0 Å². The van der Waals surface area contributed by atoms with Gasteiger partial charge < -0.3 is 25.0 Å². The number of nitrogens with one attached hydrogen (secondary N) is 1. The fourth-order valence-corrected chi connectivity index (χ4v) is 4.84. The molecule has 0 spiro atoms. The molecule has 0 atom stereocenters. The smallest absolute Gasteiger partial charge is 0.277 e. The number of methoxy groups -OCH3 is 1. The van der Waals surface area contributed by atoms with Crippen LogP contribution in [0.5, 0.6) is 5.75 Å². The van der Waals surface area contributed by atoms with Gasteiger partial charge in [0.15, 0.2) is 5.69 Å². The highest BCUT2D eigenvalue weighted by molar-refractivity contribution is 6.09. The monoisotopic (exact) mass is 503 g/mol. The van der Waals surface area contributed by atoms with E-state index in [4.69, 9.17) is 9.84 Å². The molecule has 3 heterocycles. The van der Waals surface area contributed by atoms with Gasteiger partial charge in [-0.15, -0.1) is 0 Å². The molecule has 3 aromatic rings. The van der Waals surface area contributed by atoms with Gasteiger partial charge in [-0.3, -0.25) is 14.4 Å². The van der Waals surface area contributed by atoms with Gasteiger partial charge in [-0.25, -0.2) is 4.68 Å². The molecule has 0 saturated carbocycles. The summed E-state index contributed by atoms with van der Waals surface area (Å²) in [7, 11) is 1.57. The van der Waals surface area contributed by atoms with Crippen molar-refractivity contribution >= 4 is 29.1 Å². The Morgan fingerprint density at radius 3 is 2.27 bits per heavy atom. The number of ether oxygens (including phenoxy) is 1. The number of piperidine rings is 1. The molecular weight excluding hydrogens is 474 g/mol. The van der Waals surface area contributed by atoms with E-state index in [0.29, 0.717) is 54.3 Å². The van der Waals surface area contributed by atoms with Crippen molar-refractivity contribution in [1.82, 2.24) is 15.1 Å². The summed E-state index contributed by atoms with van der Waals surface area (Å²) in [5.41, 5.74) is 3.21. The Balaban J connectivity index is 1.49. The third kappa shape index (κ3) is 4.67. The topological polar surface area (TPSA) is 117 Å². The van der Waals surface area contributed by atoms with E-state index in [2.05, 4.69) is 10.4 Å². The van der Waals surface area contributed by atoms with Crippen LogP contribution >= 0.6 is 0 Å². The molecule has 2 aliphatic heterocycles. The number of benzene rings is 2. The number of aromatic nitrogens is 2. The van der Waals surface area contributed by atoms with Crippen LogP contribution < -0.4 is 19.9 Å². The first-order valence-electron chi connectivity index (χ1n) is 12.4. The number of carbonyl (C=O) groups is 3. The Kier molecular flexibility index (Phi) is 6.91. The lowest BCUT2D eigenvalue weighted by molar-refractivity contribution is -0.119. The third-order valence-corrected chi connectivity index (χ3v) is 6.74. The van der Waals surface area contributed by atoms with E-state index in [-0.39, 0.29) is 30.7 Å². The quantitative estimate of drug-likeness (QED) is 0.511. The molecule has 0 aliphatic carbocycles. The average molecular weight is 504 g/mol. The molecule has 3 amide bonds. The van der Waals surface area contributed by atoms with Gasteiger partial charge in [0.25, 0.3) is 11.8 Å². The van der Waals surface area contributed by atoms with Crippen LogP contribution in [0.1, 0.15) is 45.8 Å². The van der Waals surface area contributed by atoms with Crippen LogP contribution in [0.25, 0.3) is 5.69 Å². The Labute approximate surface area is 214 Å². The third-order valence-electron chi connectivity index (χ3n) is 6.74. The molecular formula is C27H29N5O5. The average Bonchev–Trinajstić information content (AvgIpc) is 3.33. The second kappa shape index (κ2) is 10.4. The predicted molar refractivity (Wildman–Crippen MR) is 138 cm³/mol. The van der Waals surface area contributed by atoms with Crippen LogP contribution in [-0.2, 0) is 11.2 Å². The van der Waals surface area contributed by atoms with Gasteiger partial charge in [0.05, 0.1) is 19.4 Å². The fraction of sp³-hybridized carbons (Fsp3) is 0.333. The number of hydrogen-bond donors (Lipinski definition) is 2. The molecule has 2 aromatic carbocycles. The van der Waals surface area contributed by atoms with Gasteiger partial charge in [0, 0.05) is 43.0 Å². The van der Waals surface area contributed by atoms with E-state index in [0.717, 1.165) is 18.5 Å². The molecule has 37 heavy (non-hydrogen) atoms. The van der Waals surface area contributed by atoms with Gasteiger partial charge in [0.1, 0.15) is 11.4 Å². The highest BCUT2D eigenvalue weighted by atomic mass is 16.5. The molecule has 10 heteroatoms. The summed E-state index contributed by atoms with van der Waals surface area (Å²) < 4.78 is 6.74. The van der Waals surface area contributed by atoms with E-state index in [1.54, 1.807) is 41.2 Å². The summed E-state index contributed by atoms with van der Waals surface area (Å²) in [6.45, 7) is 0.975. The maximum atomic E-state index is 13.8. The first kappa shape index (κ1) is 24.5. The largest absolute Gasteiger partial charge is 0.497 e. The van der Waals surface area contributed by atoms with Crippen molar-refractivity contribution in [1.29, 1.82) is 0 Å². The Morgan fingerprint density at radius 1 is 0.946 bits per heavy atom. The summed E-state index contributed by atoms with van der Waals surface area (Å²) in [5, 5.41) is 16.3. The highest BCUT2D eigenvalue weighted by Gasteiger charge is 2.35. The van der Waals surface area contributed by atoms with Crippen LogP contribution in [0.3, 0.4) is 0 Å². The standard InChI is InChI=1S/C27H29N5O5/c1-37-21-11-9-20(10-12-21)32-25-22(24(29-32)26(35)28-14-17-33)13-16-31(27(25)36)19-7-5-18(6-8-19)30-15-3-2-4-23(30)34/h5-12,33H,2-4,13-17H2,1H3,(H,28,35). The summed E-state index contributed by atoms with van der Waals surface area (Å²) in [5.74, 6) is 0.0703. The second-order valence-corrected chi connectivity index (χ2v) is 8.99. The maximum absolute atomic E-state index is 13.8. The maximum Gasteiger partial charge on any atom is 0.277 e. The lowest BCUT2D eigenvalue weighted by Gasteiger charge is -2.29. The molecule has 1 saturated heterocycles. The van der Waals surface area contributed by atoms with E-state index in [1.165, 1.54) is 4.68 Å². The minimum Gasteiger partial charge on any atom is -0.497 e.